The summed E-state index contributed by atoms with van der Waals surface area (Å²) >= 11 is 6.20. The average Bonchev–Trinajstić information content (AvgIpc) is 3.13. The number of esters is 1. The van der Waals surface area contributed by atoms with Crippen LogP contribution >= 0.6 is 11.6 Å². The van der Waals surface area contributed by atoms with Crippen molar-refractivity contribution in [1.29, 1.82) is 0 Å². The maximum atomic E-state index is 12.5. The van der Waals surface area contributed by atoms with Crippen molar-refractivity contribution in [2.24, 2.45) is 0 Å². The highest BCUT2D eigenvalue weighted by Crippen LogP contribution is 2.27. The van der Waals surface area contributed by atoms with Crippen molar-refractivity contribution in [2.45, 2.75) is 27.2 Å². The fourth-order valence-electron chi connectivity index (χ4n) is 3.02. The van der Waals surface area contributed by atoms with E-state index in [1.54, 1.807) is 29.1 Å². The lowest BCUT2D eigenvalue weighted by Crippen LogP contribution is -2.22. The summed E-state index contributed by atoms with van der Waals surface area (Å²) in [6.45, 7) is 5.24. The molecule has 3 aromatic rings. The average molecular weight is 413 g/mol. The molecule has 29 heavy (non-hydrogen) atoms. The number of benzene rings is 1. The van der Waals surface area contributed by atoms with Crippen LogP contribution in [0.2, 0.25) is 5.02 Å². The summed E-state index contributed by atoms with van der Waals surface area (Å²) in [5.41, 5.74) is 3.30. The van der Waals surface area contributed by atoms with Gasteiger partial charge in [-0.1, -0.05) is 30.7 Å². The van der Waals surface area contributed by atoms with Crippen molar-refractivity contribution in [3.63, 3.8) is 0 Å². The fraction of sp³-hybridized carbons (Fsp3) is 0.238. The highest BCUT2D eigenvalue weighted by molar-refractivity contribution is 6.34. The van der Waals surface area contributed by atoms with Gasteiger partial charge < -0.3 is 10.1 Å². The molecule has 1 aromatic carbocycles. The number of nitrogens with zero attached hydrogens (tertiary/aromatic N) is 3. The zero-order valence-electron chi connectivity index (χ0n) is 16.4. The second-order valence-corrected chi connectivity index (χ2v) is 6.93. The van der Waals surface area contributed by atoms with E-state index in [0.29, 0.717) is 34.2 Å². The molecule has 3 rings (SSSR count). The van der Waals surface area contributed by atoms with Crippen molar-refractivity contribution in [1.82, 2.24) is 14.8 Å². The maximum Gasteiger partial charge on any atom is 0.342 e. The first kappa shape index (κ1) is 20.5. The van der Waals surface area contributed by atoms with E-state index in [1.807, 2.05) is 32.9 Å². The van der Waals surface area contributed by atoms with Crippen molar-refractivity contribution in [3.8, 4) is 5.82 Å². The van der Waals surface area contributed by atoms with Gasteiger partial charge in [0, 0.05) is 6.20 Å². The number of carbonyl (C=O) groups excluding carboxylic acids is 2. The number of carbonyl (C=O) groups is 2. The first-order valence-corrected chi connectivity index (χ1v) is 9.50. The largest absolute Gasteiger partial charge is 0.452 e. The van der Waals surface area contributed by atoms with E-state index in [-0.39, 0.29) is 0 Å². The van der Waals surface area contributed by atoms with Gasteiger partial charge in [-0.05, 0) is 49.6 Å². The lowest BCUT2D eigenvalue weighted by atomic mass is 10.1. The van der Waals surface area contributed by atoms with Crippen molar-refractivity contribution >= 4 is 29.2 Å². The number of aryl methyl sites for hydroxylation is 2. The van der Waals surface area contributed by atoms with E-state index in [2.05, 4.69) is 15.4 Å². The molecule has 2 aromatic heterocycles. The molecule has 1 amide bonds. The predicted octanol–water partition coefficient (Wildman–Crippen LogP) is 3.90. The number of pyridine rings is 1. The van der Waals surface area contributed by atoms with Gasteiger partial charge in [0.1, 0.15) is 5.56 Å². The number of anilines is 1. The van der Waals surface area contributed by atoms with Crippen molar-refractivity contribution in [2.75, 3.05) is 11.9 Å². The van der Waals surface area contributed by atoms with Crippen LogP contribution in [0.4, 0.5) is 5.69 Å². The van der Waals surface area contributed by atoms with Gasteiger partial charge in [-0.25, -0.2) is 14.5 Å². The van der Waals surface area contributed by atoms with Crippen LogP contribution < -0.4 is 5.32 Å². The van der Waals surface area contributed by atoms with Crippen LogP contribution in [0, 0.1) is 13.8 Å². The summed E-state index contributed by atoms with van der Waals surface area (Å²) in [5, 5.41) is 7.37. The molecular weight excluding hydrogens is 392 g/mol. The molecule has 8 heteroatoms. The number of aromatic nitrogens is 3. The second kappa shape index (κ2) is 8.87. The Bertz CT molecular complexity index is 1020. The summed E-state index contributed by atoms with van der Waals surface area (Å²) in [7, 11) is 0. The molecule has 0 saturated carbocycles. The SMILES string of the molecule is CCc1c(C(=O)OCC(=O)Nc2c(C)cc(C)cc2Cl)cnn1-c1ccccn1. The zero-order valence-corrected chi connectivity index (χ0v) is 17.2. The molecule has 7 nitrogen and oxygen atoms in total. The molecular formula is C21H21ClN4O3. The second-order valence-electron chi connectivity index (χ2n) is 6.52. The Morgan fingerprint density at radius 3 is 2.69 bits per heavy atom. The smallest absolute Gasteiger partial charge is 0.342 e. The number of rotatable bonds is 6. The number of hydrogen-bond donors (Lipinski definition) is 1. The molecule has 0 aliphatic heterocycles. The molecule has 0 unspecified atom stereocenters. The summed E-state index contributed by atoms with van der Waals surface area (Å²) < 4.78 is 6.78. The highest BCUT2D eigenvalue weighted by atomic mass is 35.5. The van der Waals surface area contributed by atoms with Gasteiger partial charge in [-0.2, -0.15) is 5.10 Å². The van der Waals surface area contributed by atoms with Crippen LogP contribution in [0.5, 0.6) is 0 Å². The zero-order chi connectivity index (χ0) is 21.0. The number of amides is 1. The topological polar surface area (TPSA) is 86.1 Å². The van der Waals surface area contributed by atoms with Crippen LogP contribution in [-0.2, 0) is 16.0 Å². The lowest BCUT2D eigenvalue weighted by molar-refractivity contribution is -0.119. The summed E-state index contributed by atoms with van der Waals surface area (Å²) in [5.74, 6) is -0.487. The van der Waals surface area contributed by atoms with E-state index in [9.17, 15) is 9.59 Å². The first-order valence-electron chi connectivity index (χ1n) is 9.12. The van der Waals surface area contributed by atoms with Crippen LogP contribution in [0.15, 0.2) is 42.7 Å². The number of ether oxygens (including phenoxy) is 1. The quantitative estimate of drug-likeness (QED) is 0.620. The maximum absolute atomic E-state index is 12.5. The Hall–Kier alpha value is -3.19. The van der Waals surface area contributed by atoms with Crippen LogP contribution in [0.1, 0.15) is 34.1 Å². The molecule has 0 spiro atoms. The van der Waals surface area contributed by atoms with Gasteiger partial charge in [0.05, 0.1) is 22.6 Å². The number of halogens is 1. The Kier molecular flexibility index (Phi) is 6.29. The van der Waals surface area contributed by atoms with E-state index in [4.69, 9.17) is 16.3 Å². The van der Waals surface area contributed by atoms with Gasteiger partial charge in [0.15, 0.2) is 12.4 Å². The van der Waals surface area contributed by atoms with Crippen LogP contribution in [-0.4, -0.2) is 33.2 Å². The van der Waals surface area contributed by atoms with Gasteiger partial charge in [0.2, 0.25) is 0 Å². The van der Waals surface area contributed by atoms with Crippen molar-refractivity contribution in [3.05, 3.63) is 70.1 Å². The van der Waals surface area contributed by atoms with E-state index < -0.39 is 18.5 Å². The van der Waals surface area contributed by atoms with Crippen LogP contribution in [0.25, 0.3) is 5.82 Å². The normalized spacial score (nSPS) is 10.6. The standard InChI is InChI=1S/C21H21ClN4O3/c1-4-17-15(11-24-26(17)18-7-5-6-8-23-18)21(28)29-12-19(27)25-20-14(3)9-13(2)10-16(20)22/h5-11H,4,12H2,1-3H3,(H,25,27). The first-order chi connectivity index (χ1) is 13.9. The molecule has 0 atom stereocenters. The van der Waals surface area contributed by atoms with E-state index in [0.717, 1.165) is 11.1 Å². The summed E-state index contributed by atoms with van der Waals surface area (Å²) in [4.78, 5) is 29.0. The predicted molar refractivity (Wildman–Crippen MR) is 111 cm³/mol. The molecule has 0 radical (unpaired) electrons. The molecule has 0 bridgehead atoms. The minimum absolute atomic E-state index is 0.301. The number of nitrogens with one attached hydrogen (secondary N) is 1. The van der Waals surface area contributed by atoms with Gasteiger partial charge in [0.25, 0.3) is 5.91 Å². The summed E-state index contributed by atoms with van der Waals surface area (Å²) in [6.07, 6.45) is 3.62. The Morgan fingerprint density at radius 2 is 2.03 bits per heavy atom. The molecule has 1 N–H and O–H groups in total. The molecule has 0 fully saturated rings. The molecule has 2 heterocycles. The summed E-state index contributed by atoms with van der Waals surface area (Å²) in [6, 6.07) is 9.10. The lowest BCUT2D eigenvalue weighted by Gasteiger charge is -2.12. The Labute approximate surface area is 173 Å². The third-order valence-corrected chi connectivity index (χ3v) is 4.62. The van der Waals surface area contributed by atoms with Crippen molar-refractivity contribution < 1.29 is 14.3 Å². The third kappa shape index (κ3) is 4.63. The monoisotopic (exact) mass is 412 g/mol. The van der Waals surface area contributed by atoms with Crippen LogP contribution in [0.3, 0.4) is 0 Å². The molecule has 150 valence electrons. The minimum Gasteiger partial charge on any atom is -0.452 e. The van der Waals surface area contributed by atoms with Gasteiger partial charge in [-0.15, -0.1) is 0 Å². The fourth-order valence-corrected chi connectivity index (χ4v) is 3.39. The van der Waals surface area contributed by atoms with E-state index >= 15 is 0 Å². The van der Waals surface area contributed by atoms with E-state index in [1.165, 1.54) is 6.20 Å². The Balaban J connectivity index is 1.68. The highest BCUT2D eigenvalue weighted by Gasteiger charge is 2.20. The molecule has 0 aliphatic carbocycles. The van der Waals surface area contributed by atoms with Gasteiger partial charge in [-0.3, -0.25) is 4.79 Å². The molecule has 0 saturated heterocycles. The van der Waals surface area contributed by atoms with Gasteiger partial charge >= 0.3 is 5.97 Å². The minimum atomic E-state index is -0.620. The Morgan fingerprint density at radius 1 is 1.24 bits per heavy atom. The third-order valence-electron chi connectivity index (χ3n) is 4.32. The molecule has 0 aliphatic rings. The number of hydrogen-bond acceptors (Lipinski definition) is 5.